The van der Waals surface area contributed by atoms with Crippen molar-refractivity contribution in [3.05, 3.63) is 51.7 Å². The molecule has 2 aromatic rings. The molecule has 5 nitrogen and oxygen atoms in total. The van der Waals surface area contributed by atoms with Gasteiger partial charge in [0, 0.05) is 45.2 Å². The van der Waals surface area contributed by atoms with E-state index in [2.05, 4.69) is 21.8 Å². The SMILES string of the molecule is CN1CCCC(N2CCN(C(=O)c3cnc(Cc4ccc(F)cc4)s3)CC2)C1. The van der Waals surface area contributed by atoms with Crippen LogP contribution in [0.1, 0.15) is 33.1 Å². The zero-order valence-corrected chi connectivity index (χ0v) is 17.1. The maximum absolute atomic E-state index is 13.0. The Morgan fingerprint density at radius 1 is 1.18 bits per heavy atom. The van der Waals surface area contributed by atoms with Crippen molar-refractivity contribution in [2.24, 2.45) is 0 Å². The minimum absolute atomic E-state index is 0.0864. The van der Waals surface area contributed by atoms with Crippen molar-refractivity contribution in [2.75, 3.05) is 46.3 Å². The third-order valence-corrected chi connectivity index (χ3v) is 6.74. The summed E-state index contributed by atoms with van der Waals surface area (Å²) in [6, 6.07) is 7.07. The summed E-state index contributed by atoms with van der Waals surface area (Å²) in [7, 11) is 2.19. The normalized spacial score (nSPS) is 21.8. The Hall–Kier alpha value is -1.83. The Kier molecular flexibility index (Phi) is 6.04. The van der Waals surface area contributed by atoms with E-state index in [0.717, 1.165) is 43.3 Å². The molecule has 1 amide bonds. The summed E-state index contributed by atoms with van der Waals surface area (Å²) in [5.41, 5.74) is 1.00. The lowest BCUT2D eigenvalue weighted by Gasteiger charge is -2.42. The number of piperazine rings is 1. The molecule has 3 heterocycles. The molecule has 1 aromatic heterocycles. The van der Waals surface area contributed by atoms with Crippen molar-refractivity contribution in [3.8, 4) is 0 Å². The summed E-state index contributed by atoms with van der Waals surface area (Å²) in [6.07, 6.45) is 4.84. The third kappa shape index (κ3) is 4.59. The second-order valence-corrected chi connectivity index (χ2v) is 8.92. The van der Waals surface area contributed by atoms with Gasteiger partial charge in [-0.15, -0.1) is 11.3 Å². The van der Waals surface area contributed by atoms with Gasteiger partial charge in [0.1, 0.15) is 10.7 Å². The molecular formula is C21H27FN4OS. The number of halogens is 1. The molecule has 1 unspecified atom stereocenters. The van der Waals surface area contributed by atoms with Gasteiger partial charge in [0.25, 0.3) is 5.91 Å². The molecule has 0 bridgehead atoms. The minimum atomic E-state index is -0.238. The number of benzene rings is 1. The Morgan fingerprint density at radius 3 is 2.64 bits per heavy atom. The molecule has 0 spiro atoms. The fourth-order valence-electron chi connectivity index (χ4n) is 4.15. The first-order chi connectivity index (χ1) is 13.6. The van der Waals surface area contributed by atoms with Gasteiger partial charge in [0.2, 0.25) is 0 Å². The largest absolute Gasteiger partial charge is 0.335 e. The van der Waals surface area contributed by atoms with E-state index in [0.29, 0.717) is 17.3 Å². The molecule has 2 aliphatic heterocycles. The average molecular weight is 403 g/mol. The van der Waals surface area contributed by atoms with Gasteiger partial charge >= 0.3 is 0 Å². The number of carbonyl (C=O) groups excluding carboxylic acids is 1. The van der Waals surface area contributed by atoms with Gasteiger partial charge in [-0.25, -0.2) is 9.37 Å². The molecule has 7 heteroatoms. The highest BCUT2D eigenvalue weighted by Crippen LogP contribution is 2.21. The Bertz CT molecular complexity index is 801. The predicted molar refractivity (Wildman–Crippen MR) is 109 cm³/mol. The highest BCUT2D eigenvalue weighted by Gasteiger charge is 2.29. The van der Waals surface area contributed by atoms with Crippen molar-refractivity contribution in [1.82, 2.24) is 19.7 Å². The van der Waals surface area contributed by atoms with Gasteiger partial charge in [-0.2, -0.15) is 0 Å². The number of aromatic nitrogens is 1. The summed E-state index contributed by atoms with van der Waals surface area (Å²) in [4.78, 5) is 24.9. The van der Waals surface area contributed by atoms with Crippen molar-refractivity contribution in [3.63, 3.8) is 0 Å². The number of carbonyl (C=O) groups is 1. The molecule has 2 fully saturated rings. The lowest BCUT2D eigenvalue weighted by molar-refractivity contribution is 0.0455. The Labute approximate surface area is 169 Å². The van der Waals surface area contributed by atoms with E-state index in [9.17, 15) is 9.18 Å². The summed E-state index contributed by atoms with van der Waals surface area (Å²) in [5, 5.41) is 0.888. The summed E-state index contributed by atoms with van der Waals surface area (Å²) in [5.74, 6) is -0.152. The second-order valence-electron chi connectivity index (χ2n) is 7.81. The lowest BCUT2D eigenvalue weighted by atomic mass is 10.0. The maximum Gasteiger partial charge on any atom is 0.265 e. The van der Waals surface area contributed by atoms with E-state index in [-0.39, 0.29) is 11.7 Å². The van der Waals surface area contributed by atoms with Crippen LogP contribution in [0, 0.1) is 5.82 Å². The highest BCUT2D eigenvalue weighted by molar-refractivity contribution is 7.13. The van der Waals surface area contributed by atoms with Gasteiger partial charge in [0.15, 0.2) is 0 Å². The van der Waals surface area contributed by atoms with E-state index in [1.165, 1.54) is 42.9 Å². The highest BCUT2D eigenvalue weighted by atomic mass is 32.1. The molecule has 0 N–H and O–H groups in total. The molecule has 28 heavy (non-hydrogen) atoms. The van der Waals surface area contributed by atoms with Crippen molar-refractivity contribution in [2.45, 2.75) is 25.3 Å². The smallest absolute Gasteiger partial charge is 0.265 e. The number of likely N-dealkylation sites (N-methyl/N-ethyl adjacent to an activating group) is 1. The van der Waals surface area contributed by atoms with Crippen LogP contribution >= 0.6 is 11.3 Å². The molecular weight excluding hydrogens is 375 g/mol. The zero-order chi connectivity index (χ0) is 19.5. The molecule has 2 saturated heterocycles. The fraction of sp³-hybridized carbons (Fsp3) is 0.524. The maximum atomic E-state index is 13.0. The Balaban J connectivity index is 1.31. The van der Waals surface area contributed by atoms with Crippen LogP contribution in [0.15, 0.2) is 30.5 Å². The molecule has 0 radical (unpaired) electrons. The van der Waals surface area contributed by atoms with E-state index in [4.69, 9.17) is 0 Å². The minimum Gasteiger partial charge on any atom is -0.335 e. The van der Waals surface area contributed by atoms with Crippen LogP contribution in [0.5, 0.6) is 0 Å². The number of piperidine rings is 1. The Morgan fingerprint density at radius 2 is 1.93 bits per heavy atom. The molecule has 4 rings (SSSR count). The number of thiazole rings is 1. The first kappa shape index (κ1) is 19.5. The topological polar surface area (TPSA) is 39.7 Å². The second kappa shape index (κ2) is 8.68. The van der Waals surface area contributed by atoms with Crippen LogP contribution < -0.4 is 0 Å². The number of hydrogen-bond donors (Lipinski definition) is 0. The molecule has 1 aromatic carbocycles. The first-order valence-electron chi connectivity index (χ1n) is 9.99. The van der Waals surface area contributed by atoms with Crippen molar-refractivity contribution in [1.29, 1.82) is 0 Å². The van der Waals surface area contributed by atoms with Gasteiger partial charge in [0.05, 0.1) is 11.2 Å². The molecule has 0 saturated carbocycles. The van der Waals surface area contributed by atoms with Crippen LogP contribution in [0.4, 0.5) is 4.39 Å². The zero-order valence-electron chi connectivity index (χ0n) is 16.3. The summed E-state index contributed by atoms with van der Waals surface area (Å²) in [6.45, 7) is 5.79. The number of rotatable bonds is 4. The van der Waals surface area contributed by atoms with E-state index in [1.54, 1.807) is 18.3 Å². The average Bonchev–Trinajstić information content (AvgIpc) is 3.18. The summed E-state index contributed by atoms with van der Waals surface area (Å²) >= 11 is 1.45. The van der Waals surface area contributed by atoms with Crippen LogP contribution in [-0.2, 0) is 6.42 Å². The third-order valence-electron chi connectivity index (χ3n) is 5.75. The first-order valence-corrected chi connectivity index (χ1v) is 10.8. The van der Waals surface area contributed by atoms with Crippen LogP contribution in [0.3, 0.4) is 0 Å². The standard InChI is InChI=1S/C21H27FN4OS/c1-24-8-2-3-18(15-24)25-9-11-26(12-10-25)21(27)19-14-23-20(28-19)13-16-4-6-17(22)7-5-16/h4-7,14,18H,2-3,8-13,15H2,1H3. The van der Waals surface area contributed by atoms with Crippen molar-refractivity contribution < 1.29 is 9.18 Å². The number of amides is 1. The summed E-state index contributed by atoms with van der Waals surface area (Å²) < 4.78 is 13.0. The van der Waals surface area contributed by atoms with Crippen LogP contribution in [0.25, 0.3) is 0 Å². The molecule has 0 aliphatic carbocycles. The van der Waals surface area contributed by atoms with Gasteiger partial charge in [-0.05, 0) is 44.1 Å². The van der Waals surface area contributed by atoms with Crippen LogP contribution in [0.2, 0.25) is 0 Å². The number of nitrogens with zero attached hydrogens (tertiary/aromatic N) is 4. The molecule has 1 atom stereocenters. The predicted octanol–water partition coefficient (Wildman–Crippen LogP) is 2.73. The number of hydrogen-bond acceptors (Lipinski definition) is 5. The van der Waals surface area contributed by atoms with Gasteiger partial charge in [-0.3, -0.25) is 9.69 Å². The van der Waals surface area contributed by atoms with Gasteiger partial charge < -0.3 is 9.80 Å². The quantitative estimate of drug-likeness (QED) is 0.788. The van der Waals surface area contributed by atoms with E-state index >= 15 is 0 Å². The molecule has 150 valence electrons. The number of likely N-dealkylation sites (tertiary alicyclic amines) is 1. The fourth-order valence-corrected chi connectivity index (χ4v) is 5.07. The van der Waals surface area contributed by atoms with E-state index in [1.807, 2.05) is 4.90 Å². The van der Waals surface area contributed by atoms with Crippen molar-refractivity contribution >= 4 is 17.2 Å². The van der Waals surface area contributed by atoms with Gasteiger partial charge in [-0.1, -0.05) is 12.1 Å². The van der Waals surface area contributed by atoms with E-state index < -0.39 is 0 Å². The molecule has 2 aliphatic rings. The van der Waals surface area contributed by atoms with Crippen LogP contribution in [-0.4, -0.2) is 77.9 Å². The monoisotopic (exact) mass is 402 g/mol. The lowest BCUT2D eigenvalue weighted by Crippen LogP contribution is -2.55.